The molecule has 0 spiro atoms. The highest BCUT2D eigenvalue weighted by Crippen LogP contribution is 2.35. The van der Waals surface area contributed by atoms with Gasteiger partial charge in [-0.25, -0.2) is 0 Å². The first-order valence-corrected chi connectivity index (χ1v) is 9.92. The maximum atomic E-state index is 12.4. The zero-order valence-corrected chi connectivity index (χ0v) is 15.4. The zero-order valence-electron chi connectivity index (χ0n) is 14.6. The SMILES string of the molecule is O=C(CSCc1ccc([N+](=O)[O-])cc1)Nc1ccc2c3c(cccc13)CC2. The molecule has 3 aromatic carbocycles. The summed E-state index contributed by atoms with van der Waals surface area (Å²) in [5.41, 5.74) is 4.60. The summed E-state index contributed by atoms with van der Waals surface area (Å²) in [4.78, 5) is 22.6. The number of nitro groups is 1. The third-order valence-electron chi connectivity index (χ3n) is 4.80. The summed E-state index contributed by atoms with van der Waals surface area (Å²) >= 11 is 1.49. The van der Waals surface area contributed by atoms with Crippen LogP contribution >= 0.6 is 11.8 Å². The van der Waals surface area contributed by atoms with E-state index in [9.17, 15) is 14.9 Å². The van der Waals surface area contributed by atoms with Gasteiger partial charge in [-0.15, -0.1) is 11.8 Å². The van der Waals surface area contributed by atoms with Crippen LogP contribution in [-0.4, -0.2) is 16.6 Å². The lowest BCUT2D eigenvalue weighted by Crippen LogP contribution is -2.14. The van der Waals surface area contributed by atoms with Gasteiger partial charge in [0.15, 0.2) is 0 Å². The van der Waals surface area contributed by atoms with E-state index in [1.54, 1.807) is 12.1 Å². The molecule has 4 rings (SSSR count). The Morgan fingerprint density at radius 1 is 1.04 bits per heavy atom. The van der Waals surface area contributed by atoms with E-state index >= 15 is 0 Å². The molecule has 0 aliphatic heterocycles. The molecule has 0 saturated carbocycles. The van der Waals surface area contributed by atoms with Crippen molar-refractivity contribution >= 4 is 39.8 Å². The van der Waals surface area contributed by atoms with E-state index in [1.807, 2.05) is 12.1 Å². The second-order valence-electron chi connectivity index (χ2n) is 6.58. The molecular formula is C21H18N2O3S. The highest BCUT2D eigenvalue weighted by molar-refractivity contribution is 7.99. The van der Waals surface area contributed by atoms with Crippen molar-refractivity contribution < 1.29 is 9.72 Å². The zero-order chi connectivity index (χ0) is 18.8. The number of thioether (sulfide) groups is 1. The Bertz CT molecular complexity index is 1020. The molecule has 0 saturated heterocycles. The normalized spacial score (nSPS) is 12.3. The number of nitrogens with zero attached hydrogens (tertiary/aromatic N) is 1. The fourth-order valence-corrected chi connectivity index (χ4v) is 4.31. The van der Waals surface area contributed by atoms with Crippen molar-refractivity contribution in [3.05, 3.63) is 81.4 Å². The predicted molar refractivity (Wildman–Crippen MR) is 109 cm³/mol. The molecule has 5 nitrogen and oxygen atoms in total. The maximum Gasteiger partial charge on any atom is 0.269 e. The molecule has 0 radical (unpaired) electrons. The largest absolute Gasteiger partial charge is 0.325 e. The summed E-state index contributed by atoms with van der Waals surface area (Å²) in [6, 6.07) is 16.8. The van der Waals surface area contributed by atoms with Crippen LogP contribution in [-0.2, 0) is 23.4 Å². The first kappa shape index (κ1) is 17.5. The number of hydrogen-bond donors (Lipinski definition) is 1. The number of aryl methyl sites for hydroxylation is 2. The average molecular weight is 378 g/mol. The van der Waals surface area contributed by atoms with Crippen molar-refractivity contribution in [2.45, 2.75) is 18.6 Å². The molecule has 0 aromatic heterocycles. The smallest absolute Gasteiger partial charge is 0.269 e. The van der Waals surface area contributed by atoms with Crippen LogP contribution in [0.25, 0.3) is 10.8 Å². The van der Waals surface area contributed by atoms with E-state index < -0.39 is 4.92 Å². The number of non-ortho nitro benzene ring substituents is 1. The lowest BCUT2D eigenvalue weighted by Gasteiger charge is -2.10. The molecule has 0 heterocycles. The predicted octanol–water partition coefficient (Wildman–Crippen LogP) is 4.72. The third kappa shape index (κ3) is 3.66. The van der Waals surface area contributed by atoms with Crippen LogP contribution in [0, 0.1) is 10.1 Å². The van der Waals surface area contributed by atoms with E-state index in [2.05, 4.69) is 23.5 Å². The Balaban J connectivity index is 1.38. The standard InChI is InChI=1S/C21H18N2O3S/c24-20(13-27-12-14-4-9-17(10-5-14)23(25)26)22-19-11-8-16-7-6-15-2-1-3-18(19)21(15)16/h1-5,8-11H,6-7,12-13H2,(H,22,24). The van der Waals surface area contributed by atoms with Crippen molar-refractivity contribution in [1.82, 2.24) is 0 Å². The van der Waals surface area contributed by atoms with Gasteiger partial charge in [-0.1, -0.05) is 36.4 Å². The molecule has 0 unspecified atom stereocenters. The molecule has 1 N–H and O–H groups in total. The van der Waals surface area contributed by atoms with Crippen molar-refractivity contribution in [1.29, 1.82) is 0 Å². The second-order valence-corrected chi connectivity index (χ2v) is 7.56. The van der Waals surface area contributed by atoms with Crippen LogP contribution in [0.2, 0.25) is 0 Å². The first-order chi connectivity index (χ1) is 13.1. The monoisotopic (exact) mass is 378 g/mol. The van der Waals surface area contributed by atoms with Gasteiger partial charge in [0.1, 0.15) is 0 Å². The number of carbonyl (C=O) groups excluding carboxylic acids is 1. The number of hydrogen-bond acceptors (Lipinski definition) is 4. The van der Waals surface area contributed by atoms with E-state index in [0.29, 0.717) is 11.5 Å². The molecule has 0 atom stereocenters. The fourth-order valence-electron chi connectivity index (χ4n) is 3.52. The first-order valence-electron chi connectivity index (χ1n) is 8.76. The van der Waals surface area contributed by atoms with Crippen LogP contribution < -0.4 is 5.32 Å². The summed E-state index contributed by atoms with van der Waals surface area (Å²) in [5, 5.41) is 16.1. The molecule has 27 heavy (non-hydrogen) atoms. The third-order valence-corrected chi connectivity index (χ3v) is 5.80. The Labute approximate surface area is 160 Å². The number of nitrogens with one attached hydrogen (secondary N) is 1. The average Bonchev–Trinajstić information content (AvgIpc) is 3.09. The molecular weight excluding hydrogens is 360 g/mol. The Hall–Kier alpha value is -2.86. The van der Waals surface area contributed by atoms with E-state index in [4.69, 9.17) is 0 Å². The van der Waals surface area contributed by atoms with Crippen molar-refractivity contribution in [2.24, 2.45) is 0 Å². The van der Waals surface area contributed by atoms with Crippen LogP contribution in [0.3, 0.4) is 0 Å². The number of nitro benzene ring substituents is 1. The summed E-state index contributed by atoms with van der Waals surface area (Å²) in [5.74, 6) is 0.926. The minimum absolute atomic E-state index is 0.0411. The highest BCUT2D eigenvalue weighted by atomic mass is 32.2. The summed E-state index contributed by atoms with van der Waals surface area (Å²) in [7, 11) is 0. The highest BCUT2D eigenvalue weighted by Gasteiger charge is 2.16. The van der Waals surface area contributed by atoms with Crippen LogP contribution in [0.4, 0.5) is 11.4 Å². The topological polar surface area (TPSA) is 72.2 Å². The van der Waals surface area contributed by atoms with Crippen LogP contribution in [0.5, 0.6) is 0 Å². The summed E-state index contributed by atoms with van der Waals surface area (Å²) < 4.78 is 0. The van der Waals surface area contributed by atoms with Gasteiger partial charge >= 0.3 is 0 Å². The minimum Gasteiger partial charge on any atom is -0.325 e. The number of amides is 1. The second kappa shape index (κ2) is 7.40. The van der Waals surface area contributed by atoms with Gasteiger partial charge in [0.25, 0.3) is 5.69 Å². The van der Waals surface area contributed by atoms with Gasteiger partial charge in [-0.2, -0.15) is 0 Å². The Kier molecular flexibility index (Phi) is 4.81. The van der Waals surface area contributed by atoms with Gasteiger partial charge in [0, 0.05) is 29.0 Å². The number of rotatable bonds is 6. The summed E-state index contributed by atoms with van der Waals surface area (Å²) in [6.45, 7) is 0. The lowest BCUT2D eigenvalue weighted by atomic mass is 10.0. The summed E-state index contributed by atoms with van der Waals surface area (Å²) in [6.07, 6.45) is 2.13. The molecule has 3 aromatic rings. The van der Waals surface area contributed by atoms with Gasteiger partial charge < -0.3 is 5.32 Å². The van der Waals surface area contributed by atoms with Crippen LogP contribution in [0.15, 0.2) is 54.6 Å². The number of benzene rings is 3. The fraction of sp³-hybridized carbons (Fsp3) is 0.190. The number of carbonyl (C=O) groups is 1. The van der Waals surface area contributed by atoms with Gasteiger partial charge in [0.05, 0.1) is 10.7 Å². The molecule has 136 valence electrons. The molecule has 1 amide bonds. The van der Waals surface area contributed by atoms with Gasteiger partial charge in [0.2, 0.25) is 5.91 Å². The van der Waals surface area contributed by atoms with Crippen LogP contribution in [0.1, 0.15) is 16.7 Å². The number of anilines is 1. The van der Waals surface area contributed by atoms with Crippen molar-refractivity contribution in [3.63, 3.8) is 0 Å². The van der Waals surface area contributed by atoms with Crippen molar-refractivity contribution in [3.8, 4) is 0 Å². The molecule has 1 aliphatic carbocycles. The van der Waals surface area contributed by atoms with E-state index in [-0.39, 0.29) is 11.6 Å². The lowest BCUT2D eigenvalue weighted by molar-refractivity contribution is -0.384. The van der Waals surface area contributed by atoms with Crippen molar-refractivity contribution in [2.75, 3.05) is 11.1 Å². The van der Waals surface area contributed by atoms with Gasteiger partial charge in [-0.05, 0) is 41.0 Å². The quantitative estimate of drug-likeness (QED) is 0.498. The Morgan fingerprint density at radius 3 is 2.52 bits per heavy atom. The molecule has 0 bridgehead atoms. The van der Waals surface area contributed by atoms with Gasteiger partial charge in [-0.3, -0.25) is 14.9 Å². The van der Waals surface area contributed by atoms with E-state index in [0.717, 1.165) is 29.5 Å². The molecule has 6 heteroatoms. The minimum atomic E-state index is -0.414. The van der Waals surface area contributed by atoms with E-state index in [1.165, 1.54) is 40.4 Å². The molecule has 1 aliphatic rings. The Morgan fingerprint density at radius 2 is 1.78 bits per heavy atom. The molecule has 0 fully saturated rings. The maximum absolute atomic E-state index is 12.4.